The summed E-state index contributed by atoms with van der Waals surface area (Å²) in [6, 6.07) is 10.8. The number of aryl methyl sites for hydroxylation is 1. The van der Waals surface area contributed by atoms with Crippen LogP contribution in [0, 0.1) is 12.8 Å². The van der Waals surface area contributed by atoms with E-state index in [1.54, 1.807) is 31.2 Å². The summed E-state index contributed by atoms with van der Waals surface area (Å²) < 4.78 is 67.4. The lowest BCUT2D eigenvalue weighted by molar-refractivity contribution is -0.137. The summed E-state index contributed by atoms with van der Waals surface area (Å²) in [5, 5.41) is 2.40. The van der Waals surface area contributed by atoms with Gasteiger partial charge in [0.15, 0.2) is 0 Å². The van der Waals surface area contributed by atoms with Gasteiger partial charge in [-0.05, 0) is 63.4 Å². The molecule has 2 aromatic carbocycles. The number of piperidine rings is 1. The molecule has 1 aliphatic rings. The van der Waals surface area contributed by atoms with Crippen LogP contribution in [0.15, 0.2) is 53.4 Å². The molecule has 3 rings (SSSR count). The molecule has 0 aromatic heterocycles. The van der Waals surface area contributed by atoms with Crippen LogP contribution in [0.5, 0.6) is 0 Å². The van der Waals surface area contributed by atoms with E-state index in [-0.39, 0.29) is 23.0 Å². The zero-order chi connectivity index (χ0) is 24.2. The number of anilines is 1. The molecule has 0 radical (unpaired) electrons. The molecule has 2 atom stereocenters. The minimum absolute atomic E-state index is 0.0170. The molecule has 0 bridgehead atoms. The predicted molar refractivity (Wildman–Crippen MR) is 120 cm³/mol. The van der Waals surface area contributed by atoms with Crippen molar-refractivity contribution in [1.82, 2.24) is 9.62 Å². The van der Waals surface area contributed by atoms with Crippen LogP contribution in [0.3, 0.4) is 0 Å². The first kappa shape index (κ1) is 25.2. The minimum atomic E-state index is -4.57. The second kappa shape index (κ2) is 10.2. The van der Waals surface area contributed by atoms with Gasteiger partial charge in [0.05, 0.1) is 22.2 Å². The van der Waals surface area contributed by atoms with Crippen LogP contribution in [0.25, 0.3) is 0 Å². The number of nitrogens with one attached hydrogen (secondary N) is 2. The molecule has 1 fully saturated rings. The molecule has 1 aliphatic heterocycles. The predicted octanol–water partition coefficient (Wildman–Crippen LogP) is 4.03. The van der Waals surface area contributed by atoms with E-state index in [0.717, 1.165) is 24.5 Å². The average molecular weight is 484 g/mol. The summed E-state index contributed by atoms with van der Waals surface area (Å²) in [5.41, 5.74) is -0.212. The summed E-state index contributed by atoms with van der Waals surface area (Å²) in [7, 11) is -3.64. The van der Waals surface area contributed by atoms with Gasteiger partial charge < -0.3 is 5.32 Å². The number of sulfonamides is 1. The SMILES string of the molecule is Cc1ccc(S(=O)(=O)NCC2CCCN(C(C)C(=O)Nc3ccccc3C(F)(F)F)C2)cc1. The first-order valence-electron chi connectivity index (χ1n) is 10.7. The zero-order valence-corrected chi connectivity index (χ0v) is 19.3. The van der Waals surface area contributed by atoms with Crippen LogP contribution >= 0.6 is 0 Å². The molecule has 1 amide bonds. The molecular formula is C23H28F3N3O3S. The van der Waals surface area contributed by atoms with E-state index in [1.807, 2.05) is 11.8 Å². The lowest BCUT2D eigenvalue weighted by Crippen LogP contribution is -2.49. The smallest absolute Gasteiger partial charge is 0.324 e. The Labute approximate surface area is 192 Å². The summed E-state index contributed by atoms with van der Waals surface area (Å²) in [5.74, 6) is -0.552. The number of nitrogens with zero attached hydrogens (tertiary/aromatic N) is 1. The minimum Gasteiger partial charge on any atom is -0.324 e. The van der Waals surface area contributed by atoms with Crippen molar-refractivity contribution < 1.29 is 26.4 Å². The summed E-state index contributed by atoms with van der Waals surface area (Å²) >= 11 is 0. The van der Waals surface area contributed by atoms with Crippen molar-refractivity contribution in [2.45, 2.75) is 43.8 Å². The van der Waals surface area contributed by atoms with Crippen molar-refractivity contribution >= 4 is 21.6 Å². The highest BCUT2D eigenvalue weighted by molar-refractivity contribution is 7.89. The second-order valence-electron chi connectivity index (χ2n) is 8.38. The standard InChI is InChI=1S/C23H28F3N3O3S/c1-16-9-11-19(12-10-16)33(31,32)27-14-18-6-5-13-29(15-18)17(2)22(30)28-21-8-4-3-7-20(21)23(24,25)26/h3-4,7-12,17-18,27H,5-6,13-15H2,1-2H3,(H,28,30). The lowest BCUT2D eigenvalue weighted by Gasteiger charge is -2.36. The van der Waals surface area contributed by atoms with Crippen molar-refractivity contribution in [2.75, 3.05) is 25.0 Å². The number of likely N-dealkylation sites (tertiary alicyclic amines) is 1. The Balaban J connectivity index is 1.60. The Kier molecular flexibility index (Phi) is 7.81. The quantitative estimate of drug-likeness (QED) is 0.623. The molecule has 2 unspecified atom stereocenters. The van der Waals surface area contributed by atoms with E-state index in [9.17, 15) is 26.4 Å². The van der Waals surface area contributed by atoms with Gasteiger partial charge in [0.2, 0.25) is 15.9 Å². The number of hydrogen-bond donors (Lipinski definition) is 2. The maximum Gasteiger partial charge on any atom is 0.418 e. The number of carbonyl (C=O) groups excluding carboxylic acids is 1. The first-order valence-corrected chi connectivity index (χ1v) is 12.2. The van der Waals surface area contributed by atoms with Gasteiger partial charge in [-0.25, -0.2) is 13.1 Å². The number of alkyl halides is 3. The maximum atomic E-state index is 13.2. The van der Waals surface area contributed by atoms with Crippen LogP contribution in [-0.4, -0.2) is 44.9 Å². The lowest BCUT2D eigenvalue weighted by atomic mass is 9.97. The molecule has 2 aromatic rings. The Morgan fingerprint density at radius 1 is 1.15 bits per heavy atom. The van der Waals surface area contributed by atoms with E-state index in [4.69, 9.17) is 0 Å². The van der Waals surface area contributed by atoms with Crippen molar-refractivity contribution in [3.05, 3.63) is 59.7 Å². The molecule has 1 heterocycles. The fraction of sp³-hybridized carbons (Fsp3) is 0.435. The van der Waals surface area contributed by atoms with Crippen LogP contribution in [0.4, 0.5) is 18.9 Å². The van der Waals surface area contributed by atoms with E-state index >= 15 is 0 Å². The highest BCUT2D eigenvalue weighted by Crippen LogP contribution is 2.34. The highest BCUT2D eigenvalue weighted by Gasteiger charge is 2.34. The molecule has 2 N–H and O–H groups in total. The third kappa shape index (κ3) is 6.55. The Morgan fingerprint density at radius 3 is 2.48 bits per heavy atom. The molecule has 0 saturated carbocycles. The van der Waals surface area contributed by atoms with Gasteiger partial charge in [0.1, 0.15) is 0 Å². The summed E-state index contributed by atoms with van der Waals surface area (Å²) in [6.45, 7) is 4.81. The van der Waals surface area contributed by atoms with Crippen LogP contribution in [0.2, 0.25) is 0 Å². The van der Waals surface area contributed by atoms with Crippen LogP contribution < -0.4 is 10.0 Å². The van der Waals surface area contributed by atoms with Gasteiger partial charge in [0.25, 0.3) is 0 Å². The Bertz CT molecular complexity index is 1070. The van der Waals surface area contributed by atoms with Gasteiger partial charge in [-0.2, -0.15) is 13.2 Å². The largest absolute Gasteiger partial charge is 0.418 e. The Hall–Kier alpha value is -2.43. The van der Waals surface area contributed by atoms with Crippen molar-refractivity contribution in [1.29, 1.82) is 0 Å². The average Bonchev–Trinajstić information content (AvgIpc) is 2.77. The van der Waals surface area contributed by atoms with Gasteiger partial charge in [-0.15, -0.1) is 0 Å². The summed E-state index contributed by atoms with van der Waals surface area (Å²) in [4.78, 5) is 14.8. The topological polar surface area (TPSA) is 78.5 Å². The maximum absolute atomic E-state index is 13.2. The van der Waals surface area contributed by atoms with Gasteiger partial charge in [0, 0.05) is 13.1 Å². The zero-order valence-electron chi connectivity index (χ0n) is 18.5. The molecule has 0 aliphatic carbocycles. The number of halogens is 3. The van der Waals surface area contributed by atoms with Gasteiger partial charge in [-0.3, -0.25) is 9.69 Å². The number of hydrogen-bond acceptors (Lipinski definition) is 4. The molecule has 1 saturated heterocycles. The number of carbonyl (C=O) groups is 1. The second-order valence-corrected chi connectivity index (χ2v) is 10.1. The number of rotatable bonds is 7. The number of para-hydroxylation sites is 1. The molecule has 0 spiro atoms. The summed E-state index contributed by atoms with van der Waals surface area (Å²) in [6.07, 6.45) is -3.02. The van der Waals surface area contributed by atoms with Gasteiger partial charge in [-0.1, -0.05) is 29.8 Å². The normalized spacial score (nSPS) is 18.6. The molecule has 10 heteroatoms. The van der Waals surface area contributed by atoms with E-state index in [2.05, 4.69) is 10.0 Å². The molecule has 180 valence electrons. The molecule has 6 nitrogen and oxygen atoms in total. The van der Waals surface area contributed by atoms with Crippen molar-refractivity contribution in [2.24, 2.45) is 5.92 Å². The van der Waals surface area contributed by atoms with Crippen LogP contribution in [0.1, 0.15) is 30.9 Å². The van der Waals surface area contributed by atoms with E-state index in [1.165, 1.54) is 18.2 Å². The fourth-order valence-electron chi connectivity index (χ4n) is 3.89. The molecular weight excluding hydrogens is 455 g/mol. The number of benzene rings is 2. The fourth-order valence-corrected chi connectivity index (χ4v) is 5.00. The van der Waals surface area contributed by atoms with Gasteiger partial charge >= 0.3 is 6.18 Å². The molecule has 33 heavy (non-hydrogen) atoms. The number of amides is 1. The van der Waals surface area contributed by atoms with Crippen LogP contribution in [-0.2, 0) is 21.0 Å². The van der Waals surface area contributed by atoms with Crippen molar-refractivity contribution in [3.8, 4) is 0 Å². The first-order chi connectivity index (χ1) is 15.5. The van der Waals surface area contributed by atoms with Crippen molar-refractivity contribution in [3.63, 3.8) is 0 Å². The highest BCUT2D eigenvalue weighted by atomic mass is 32.2. The van der Waals surface area contributed by atoms with E-state index < -0.39 is 33.7 Å². The Morgan fingerprint density at radius 2 is 1.82 bits per heavy atom. The third-order valence-electron chi connectivity index (χ3n) is 5.86. The monoisotopic (exact) mass is 483 g/mol. The van der Waals surface area contributed by atoms with E-state index in [0.29, 0.717) is 13.1 Å². The third-order valence-corrected chi connectivity index (χ3v) is 7.30.